The Morgan fingerprint density at radius 2 is 1.93 bits per heavy atom. The Balaban J connectivity index is 1.59. The van der Waals surface area contributed by atoms with Gasteiger partial charge in [-0.3, -0.25) is 4.90 Å². The molecule has 140 valence electrons. The van der Waals surface area contributed by atoms with E-state index in [9.17, 15) is 4.79 Å². The standard InChI is InChI=1S/C21H21NO5/c1-22-11-15(12-25-16-8-9-17-18(10-16)27-13-26-17)19(21(23)24-2)20(22)14-6-4-3-5-7-14/h3-10,20H,11-13H2,1-2H3. The minimum absolute atomic E-state index is 0.144. The second-order valence-electron chi connectivity index (χ2n) is 6.54. The smallest absolute Gasteiger partial charge is 0.335 e. The third-order valence-electron chi connectivity index (χ3n) is 4.81. The molecular weight excluding hydrogens is 346 g/mol. The number of carbonyl (C=O) groups excluding carboxylic acids is 1. The van der Waals surface area contributed by atoms with E-state index >= 15 is 0 Å². The summed E-state index contributed by atoms with van der Waals surface area (Å²) in [5, 5.41) is 0. The number of esters is 1. The molecule has 4 rings (SSSR count). The van der Waals surface area contributed by atoms with Crippen LogP contribution in [0.5, 0.6) is 17.2 Å². The van der Waals surface area contributed by atoms with Gasteiger partial charge in [0.1, 0.15) is 12.4 Å². The topological polar surface area (TPSA) is 57.2 Å². The molecule has 0 aromatic heterocycles. The molecule has 2 aliphatic rings. The third-order valence-corrected chi connectivity index (χ3v) is 4.81. The predicted molar refractivity (Wildman–Crippen MR) is 98.9 cm³/mol. The highest BCUT2D eigenvalue weighted by molar-refractivity contribution is 5.92. The lowest BCUT2D eigenvalue weighted by atomic mass is 9.98. The van der Waals surface area contributed by atoms with E-state index in [4.69, 9.17) is 18.9 Å². The number of benzene rings is 2. The van der Waals surface area contributed by atoms with Gasteiger partial charge in [0.2, 0.25) is 6.79 Å². The van der Waals surface area contributed by atoms with Crippen molar-refractivity contribution in [2.24, 2.45) is 0 Å². The van der Waals surface area contributed by atoms with Gasteiger partial charge in [0, 0.05) is 12.6 Å². The fourth-order valence-corrected chi connectivity index (χ4v) is 3.57. The Hall–Kier alpha value is -2.99. The zero-order valence-electron chi connectivity index (χ0n) is 15.3. The lowest BCUT2D eigenvalue weighted by Gasteiger charge is -2.22. The molecule has 2 heterocycles. The predicted octanol–water partition coefficient (Wildman–Crippen LogP) is 2.95. The molecule has 0 saturated carbocycles. The molecule has 0 saturated heterocycles. The van der Waals surface area contributed by atoms with Crippen molar-refractivity contribution in [2.45, 2.75) is 6.04 Å². The maximum Gasteiger partial charge on any atom is 0.335 e. The highest BCUT2D eigenvalue weighted by Crippen LogP contribution is 2.38. The average Bonchev–Trinajstić information content (AvgIpc) is 3.29. The van der Waals surface area contributed by atoms with Gasteiger partial charge in [0.25, 0.3) is 0 Å². The molecule has 27 heavy (non-hydrogen) atoms. The quantitative estimate of drug-likeness (QED) is 0.758. The summed E-state index contributed by atoms with van der Waals surface area (Å²) >= 11 is 0. The summed E-state index contributed by atoms with van der Waals surface area (Å²) in [4.78, 5) is 14.6. The Bertz CT molecular complexity index is 877. The number of carbonyl (C=O) groups is 1. The number of nitrogens with zero attached hydrogens (tertiary/aromatic N) is 1. The van der Waals surface area contributed by atoms with Crippen LogP contribution in [0.25, 0.3) is 0 Å². The monoisotopic (exact) mass is 367 g/mol. The summed E-state index contributed by atoms with van der Waals surface area (Å²) in [5.41, 5.74) is 2.61. The van der Waals surface area contributed by atoms with Crippen molar-refractivity contribution < 1.29 is 23.7 Å². The van der Waals surface area contributed by atoms with Crippen LogP contribution >= 0.6 is 0 Å². The molecule has 0 aliphatic carbocycles. The van der Waals surface area contributed by atoms with E-state index in [0.29, 0.717) is 36.0 Å². The van der Waals surface area contributed by atoms with Crippen LogP contribution in [-0.4, -0.2) is 45.0 Å². The molecule has 1 unspecified atom stereocenters. The fraction of sp³-hybridized carbons (Fsp3) is 0.286. The van der Waals surface area contributed by atoms with Gasteiger partial charge in [-0.15, -0.1) is 0 Å². The van der Waals surface area contributed by atoms with E-state index in [2.05, 4.69) is 4.90 Å². The van der Waals surface area contributed by atoms with E-state index in [1.165, 1.54) is 7.11 Å². The van der Waals surface area contributed by atoms with Gasteiger partial charge in [-0.25, -0.2) is 4.79 Å². The lowest BCUT2D eigenvalue weighted by Crippen LogP contribution is -2.23. The molecule has 0 bridgehead atoms. The first-order valence-electron chi connectivity index (χ1n) is 8.75. The molecule has 0 radical (unpaired) electrons. The number of ether oxygens (including phenoxy) is 4. The van der Waals surface area contributed by atoms with Crippen molar-refractivity contribution in [1.29, 1.82) is 0 Å². The second-order valence-corrected chi connectivity index (χ2v) is 6.54. The number of hydrogen-bond acceptors (Lipinski definition) is 6. The second kappa shape index (κ2) is 7.32. The van der Waals surface area contributed by atoms with Crippen molar-refractivity contribution in [3.63, 3.8) is 0 Å². The first kappa shape index (κ1) is 17.4. The molecule has 0 amide bonds. The SMILES string of the molecule is COC(=O)C1=C(COc2ccc3c(c2)OCO3)CN(C)C1c1ccccc1. The summed E-state index contributed by atoms with van der Waals surface area (Å²) in [6, 6.07) is 15.3. The van der Waals surface area contributed by atoms with Crippen molar-refractivity contribution in [2.75, 3.05) is 34.1 Å². The van der Waals surface area contributed by atoms with E-state index < -0.39 is 0 Å². The summed E-state index contributed by atoms with van der Waals surface area (Å²) in [6.07, 6.45) is 0. The van der Waals surface area contributed by atoms with Crippen molar-refractivity contribution in [3.8, 4) is 17.2 Å². The summed E-state index contributed by atoms with van der Waals surface area (Å²) in [7, 11) is 3.40. The number of hydrogen-bond donors (Lipinski definition) is 0. The number of likely N-dealkylation sites (N-methyl/N-ethyl adjacent to an activating group) is 1. The Morgan fingerprint density at radius 3 is 2.70 bits per heavy atom. The van der Waals surface area contributed by atoms with Gasteiger partial charge >= 0.3 is 5.97 Å². The van der Waals surface area contributed by atoms with Crippen LogP contribution in [0.3, 0.4) is 0 Å². The molecule has 2 aromatic rings. The highest BCUT2D eigenvalue weighted by atomic mass is 16.7. The van der Waals surface area contributed by atoms with Crippen LogP contribution < -0.4 is 14.2 Å². The number of fused-ring (bicyclic) bond motifs is 1. The summed E-state index contributed by atoms with van der Waals surface area (Å²) in [6.45, 7) is 1.16. The average molecular weight is 367 g/mol. The van der Waals surface area contributed by atoms with E-state index in [1.807, 2.05) is 49.5 Å². The van der Waals surface area contributed by atoms with Gasteiger partial charge in [-0.1, -0.05) is 30.3 Å². The first-order valence-corrected chi connectivity index (χ1v) is 8.75. The number of methoxy groups -OCH3 is 1. The summed E-state index contributed by atoms with van der Waals surface area (Å²) in [5.74, 6) is 1.72. The third kappa shape index (κ3) is 3.36. The molecule has 6 heteroatoms. The fourth-order valence-electron chi connectivity index (χ4n) is 3.57. The minimum atomic E-state index is -0.322. The van der Waals surface area contributed by atoms with Gasteiger partial charge in [-0.05, 0) is 30.3 Å². The van der Waals surface area contributed by atoms with Gasteiger partial charge in [0.05, 0.1) is 18.7 Å². The Morgan fingerprint density at radius 1 is 1.15 bits per heavy atom. The van der Waals surface area contributed by atoms with Crippen LogP contribution in [0.1, 0.15) is 11.6 Å². The molecule has 2 aliphatic heterocycles. The molecule has 0 N–H and O–H groups in total. The first-order chi connectivity index (χ1) is 13.2. The normalized spacial score (nSPS) is 18.7. The summed E-state index contributed by atoms with van der Waals surface area (Å²) < 4.78 is 21.7. The van der Waals surface area contributed by atoms with Crippen LogP contribution in [0, 0.1) is 0 Å². The van der Waals surface area contributed by atoms with Gasteiger partial charge in [-0.2, -0.15) is 0 Å². The largest absolute Gasteiger partial charge is 0.489 e. The Kier molecular flexibility index (Phi) is 4.73. The molecule has 2 aromatic carbocycles. The molecule has 1 atom stereocenters. The van der Waals surface area contributed by atoms with Crippen molar-refractivity contribution in [1.82, 2.24) is 4.90 Å². The van der Waals surface area contributed by atoms with E-state index in [-0.39, 0.29) is 18.8 Å². The van der Waals surface area contributed by atoms with Crippen LogP contribution in [0.15, 0.2) is 59.7 Å². The minimum Gasteiger partial charge on any atom is -0.489 e. The molecule has 6 nitrogen and oxygen atoms in total. The zero-order valence-corrected chi connectivity index (χ0v) is 15.3. The molecule has 0 fully saturated rings. The zero-order chi connectivity index (χ0) is 18.8. The molecular formula is C21H21NO5. The van der Waals surface area contributed by atoms with Crippen LogP contribution in [-0.2, 0) is 9.53 Å². The number of rotatable bonds is 5. The van der Waals surface area contributed by atoms with Gasteiger partial charge in [0.15, 0.2) is 11.5 Å². The van der Waals surface area contributed by atoms with E-state index in [0.717, 1.165) is 11.1 Å². The van der Waals surface area contributed by atoms with Crippen LogP contribution in [0.2, 0.25) is 0 Å². The maximum atomic E-state index is 12.5. The highest BCUT2D eigenvalue weighted by Gasteiger charge is 2.36. The Labute approximate surface area is 157 Å². The van der Waals surface area contributed by atoms with Crippen molar-refractivity contribution in [3.05, 3.63) is 65.2 Å². The van der Waals surface area contributed by atoms with Crippen LogP contribution in [0.4, 0.5) is 0 Å². The van der Waals surface area contributed by atoms with E-state index in [1.54, 1.807) is 6.07 Å². The van der Waals surface area contributed by atoms with Crippen molar-refractivity contribution >= 4 is 5.97 Å². The maximum absolute atomic E-state index is 12.5. The molecule has 0 spiro atoms. The lowest BCUT2D eigenvalue weighted by molar-refractivity contribution is -0.136. The van der Waals surface area contributed by atoms with Gasteiger partial charge < -0.3 is 18.9 Å².